The van der Waals surface area contributed by atoms with Crippen LogP contribution in [0.25, 0.3) is 77.2 Å². The summed E-state index contributed by atoms with van der Waals surface area (Å²) < 4.78 is 4.57. The minimum absolute atomic E-state index is 0.577. The topological polar surface area (TPSA) is 57.4 Å². The molecule has 0 atom stereocenters. The summed E-state index contributed by atoms with van der Waals surface area (Å²) in [5, 5.41) is 24.9. The molecule has 7 aromatic carbocycles. The summed E-state index contributed by atoms with van der Waals surface area (Å²) in [5.41, 5.74) is 11.3. The van der Waals surface area contributed by atoms with E-state index in [0.717, 1.165) is 71.9 Å². The first-order chi connectivity index (χ1) is 23.7. The molecule has 0 radical (unpaired) electrons. The second-order valence-corrected chi connectivity index (χ2v) is 12.0. The lowest BCUT2D eigenvalue weighted by Crippen LogP contribution is -1.99. The Morgan fingerprint density at radius 3 is 1.58 bits per heavy atom. The molecule has 4 nitrogen and oxygen atoms in total. The van der Waals surface area contributed by atoms with E-state index in [1.54, 1.807) is 0 Å². The van der Waals surface area contributed by atoms with Gasteiger partial charge in [-0.15, -0.1) is 0 Å². The normalized spacial score (nSPS) is 11.3. The van der Waals surface area contributed by atoms with Crippen LogP contribution >= 0.6 is 0 Å². The van der Waals surface area contributed by atoms with Crippen molar-refractivity contribution in [3.8, 4) is 45.8 Å². The number of nitriles is 2. The molecule has 2 heterocycles. The predicted octanol–water partition coefficient (Wildman–Crippen LogP) is 11.0. The molecular weight excluding hydrogens is 585 g/mol. The third-order valence-corrected chi connectivity index (χ3v) is 9.34. The molecule has 0 N–H and O–H groups in total. The average Bonchev–Trinajstić information content (AvgIpc) is 3.66. The molecule has 9 aromatic rings. The van der Waals surface area contributed by atoms with Gasteiger partial charge in [-0.2, -0.15) is 10.5 Å². The third-order valence-electron chi connectivity index (χ3n) is 9.34. The van der Waals surface area contributed by atoms with E-state index in [1.807, 2.05) is 48.5 Å². The van der Waals surface area contributed by atoms with Crippen LogP contribution < -0.4 is 0 Å². The largest absolute Gasteiger partial charge is 0.309 e. The standard InChI is InChI=1S/C44H26N4/c45-27-29-21-33(30-11-3-1-4-12-30)23-34(22-29)31-19-20-32(28-46)42(24-31)48-41-18-10-8-16-37(41)39-25-43-38(26-44(39)48)36-15-7-9-17-40(36)47(43)35-13-5-2-6-14-35/h1-26H. The molecule has 0 bridgehead atoms. The zero-order chi connectivity index (χ0) is 32.2. The number of rotatable bonds is 4. The van der Waals surface area contributed by atoms with Crippen molar-refractivity contribution in [2.75, 3.05) is 0 Å². The van der Waals surface area contributed by atoms with Crippen LogP contribution in [0.4, 0.5) is 0 Å². The Labute approximate surface area is 277 Å². The molecular formula is C44H26N4. The highest BCUT2D eigenvalue weighted by Crippen LogP contribution is 2.40. The molecule has 0 aliphatic heterocycles. The zero-order valence-corrected chi connectivity index (χ0v) is 25.8. The first kappa shape index (κ1) is 27.4. The fraction of sp³-hybridized carbons (Fsp3) is 0. The van der Waals surface area contributed by atoms with E-state index in [2.05, 4.69) is 130 Å². The maximum Gasteiger partial charge on any atom is 0.101 e. The quantitative estimate of drug-likeness (QED) is 0.199. The van der Waals surface area contributed by atoms with Gasteiger partial charge in [0.15, 0.2) is 0 Å². The second kappa shape index (κ2) is 10.9. The van der Waals surface area contributed by atoms with E-state index in [0.29, 0.717) is 11.1 Å². The molecule has 0 spiro atoms. The summed E-state index contributed by atoms with van der Waals surface area (Å²) in [5.74, 6) is 0. The monoisotopic (exact) mass is 610 g/mol. The number of hydrogen-bond donors (Lipinski definition) is 0. The molecule has 0 aliphatic carbocycles. The van der Waals surface area contributed by atoms with E-state index in [9.17, 15) is 10.5 Å². The van der Waals surface area contributed by atoms with Crippen molar-refractivity contribution in [2.45, 2.75) is 0 Å². The van der Waals surface area contributed by atoms with Gasteiger partial charge in [-0.1, -0.05) is 91.0 Å². The van der Waals surface area contributed by atoms with Crippen molar-refractivity contribution in [3.05, 3.63) is 169 Å². The van der Waals surface area contributed by atoms with Crippen molar-refractivity contribution in [1.82, 2.24) is 9.13 Å². The van der Waals surface area contributed by atoms with E-state index >= 15 is 0 Å². The van der Waals surface area contributed by atoms with Crippen LogP contribution in [0.5, 0.6) is 0 Å². The van der Waals surface area contributed by atoms with Gasteiger partial charge in [0.2, 0.25) is 0 Å². The first-order valence-corrected chi connectivity index (χ1v) is 15.9. The zero-order valence-electron chi connectivity index (χ0n) is 25.8. The van der Waals surface area contributed by atoms with Crippen LogP contribution in [0.3, 0.4) is 0 Å². The van der Waals surface area contributed by atoms with Gasteiger partial charge in [-0.3, -0.25) is 0 Å². The fourth-order valence-corrected chi connectivity index (χ4v) is 7.19. The molecule has 48 heavy (non-hydrogen) atoms. The average molecular weight is 611 g/mol. The summed E-state index contributed by atoms with van der Waals surface area (Å²) in [6, 6.07) is 58.9. The third kappa shape index (κ3) is 4.22. The Balaban J connectivity index is 1.34. The Kier molecular flexibility index (Phi) is 6.22. The van der Waals surface area contributed by atoms with Crippen LogP contribution in [0.1, 0.15) is 11.1 Å². The molecule has 0 amide bonds. The fourth-order valence-electron chi connectivity index (χ4n) is 7.19. The molecule has 2 aromatic heterocycles. The van der Waals surface area contributed by atoms with Gasteiger partial charge in [0, 0.05) is 27.2 Å². The predicted molar refractivity (Wildman–Crippen MR) is 195 cm³/mol. The van der Waals surface area contributed by atoms with Gasteiger partial charge in [0.1, 0.15) is 6.07 Å². The van der Waals surface area contributed by atoms with Gasteiger partial charge in [-0.25, -0.2) is 0 Å². The number of nitrogens with zero attached hydrogens (tertiary/aromatic N) is 4. The lowest BCUT2D eigenvalue weighted by atomic mass is 9.95. The van der Waals surface area contributed by atoms with Gasteiger partial charge in [0.25, 0.3) is 0 Å². The Hall–Kier alpha value is -6.88. The van der Waals surface area contributed by atoms with Gasteiger partial charge in [-0.05, 0) is 89.0 Å². The first-order valence-electron chi connectivity index (χ1n) is 15.9. The minimum Gasteiger partial charge on any atom is -0.309 e. The van der Waals surface area contributed by atoms with Gasteiger partial charge < -0.3 is 9.13 Å². The highest BCUT2D eigenvalue weighted by Gasteiger charge is 2.20. The van der Waals surface area contributed by atoms with Crippen molar-refractivity contribution < 1.29 is 0 Å². The van der Waals surface area contributed by atoms with Crippen molar-refractivity contribution in [3.63, 3.8) is 0 Å². The van der Waals surface area contributed by atoms with Crippen molar-refractivity contribution in [1.29, 1.82) is 10.5 Å². The SMILES string of the molecule is N#Cc1cc(-c2ccccc2)cc(-c2ccc(C#N)c(-n3c4ccccc4c4cc5c(cc43)c3ccccc3n5-c3ccccc3)c2)c1. The summed E-state index contributed by atoms with van der Waals surface area (Å²) in [7, 11) is 0. The van der Waals surface area contributed by atoms with E-state index in [4.69, 9.17) is 0 Å². The van der Waals surface area contributed by atoms with E-state index < -0.39 is 0 Å². The summed E-state index contributed by atoms with van der Waals surface area (Å²) in [4.78, 5) is 0. The van der Waals surface area contributed by atoms with Crippen LogP contribution in [0, 0.1) is 22.7 Å². The van der Waals surface area contributed by atoms with Crippen LogP contribution in [-0.4, -0.2) is 9.13 Å². The Bertz CT molecular complexity index is 2790. The van der Waals surface area contributed by atoms with Crippen LogP contribution in [0.2, 0.25) is 0 Å². The smallest absolute Gasteiger partial charge is 0.101 e. The Morgan fingerprint density at radius 1 is 0.375 bits per heavy atom. The number of para-hydroxylation sites is 3. The summed E-state index contributed by atoms with van der Waals surface area (Å²) >= 11 is 0. The summed E-state index contributed by atoms with van der Waals surface area (Å²) in [6.45, 7) is 0. The molecule has 9 rings (SSSR count). The van der Waals surface area contributed by atoms with Crippen LogP contribution in [0.15, 0.2) is 158 Å². The minimum atomic E-state index is 0.577. The molecule has 0 fully saturated rings. The van der Waals surface area contributed by atoms with Crippen molar-refractivity contribution >= 4 is 43.6 Å². The highest BCUT2D eigenvalue weighted by molar-refractivity contribution is 6.19. The lowest BCUT2D eigenvalue weighted by Gasteiger charge is -2.14. The number of benzene rings is 7. The maximum atomic E-state index is 10.4. The summed E-state index contributed by atoms with van der Waals surface area (Å²) in [6.07, 6.45) is 0. The molecule has 0 unspecified atom stereocenters. The number of hydrogen-bond acceptors (Lipinski definition) is 2. The highest BCUT2D eigenvalue weighted by atomic mass is 15.0. The van der Waals surface area contributed by atoms with E-state index in [1.165, 1.54) is 5.39 Å². The number of aromatic nitrogens is 2. The number of fused-ring (bicyclic) bond motifs is 6. The molecule has 0 aliphatic rings. The van der Waals surface area contributed by atoms with Gasteiger partial charge in [0.05, 0.1) is 45.0 Å². The maximum absolute atomic E-state index is 10.4. The lowest BCUT2D eigenvalue weighted by molar-refractivity contribution is 1.17. The van der Waals surface area contributed by atoms with Crippen LogP contribution in [-0.2, 0) is 0 Å². The van der Waals surface area contributed by atoms with E-state index in [-0.39, 0.29) is 0 Å². The molecule has 0 saturated carbocycles. The second-order valence-electron chi connectivity index (χ2n) is 12.0. The van der Waals surface area contributed by atoms with Crippen molar-refractivity contribution in [2.24, 2.45) is 0 Å². The molecule has 4 heteroatoms. The molecule has 0 saturated heterocycles. The Morgan fingerprint density at radius 2 is 0.938 bits per heavy atom. The molecule has 222 valence electrons. The van der Waals surface area contributed by atoms with Gasteiger partial charge >= 0.3 is 0 Å².